The lowest BCUT2D eigenvalue weighted by molar-refractivity contribution is 0.386. The molecule has 0 saturated carbocycles. The molecule has 2 rings (SSSR count). The van der Waals surface area contributed by atoms with Crippen LogP contribution in [0.2, 0.25) is 0 Å². The van der Waals surface area contributed by atoms with Gasteiger partial charge in [-0.15, -0.1) is 5.10 Å². The Kier molecular flexibility index (Phi) is 4.46. The summed E-state index contributed by atoms with van der Waals surface area (Å²) in [6.07, 6.45) is 2.75. The van der Waals surface area contributed by atoms with Gasteiger partial charge in [-0.05, 0) is 25.1 Å². The van der Waals surface area contributed by atoms with E-state index >= 15 is 0 Å². The first-order valence-electron chi connectivity index (χ1n) is 6.20. The average Bonchev–Trinajstić information content (AvgIpc) is 2.88. The van der Waals surface area contributed by atoms with Gasteiger partial charge in [-0.1, -0.05) is 12.1 Å². The van der Waals surface area contributed by atoms with Gasteiger partial charge in [-0.25, -0.2) is 9.07 Å². The van der Waals surface area contributed by atoms with Gasteiger partial charge in [-0.2, -0.15) is 0 Å². The van der Waals surface area contributed by atoms with Crippen LogP contribution in [0, 0.1) is 5.82 Å². The molecule has 0 aliphatic rings. The van der Waals surface area contributed by atoms with E-state index in [1.807, 2.05) is 0 Å². The van der Waals surface area contributed by atoms with Crippen LogP contribution in [0.25, 0.3) is 5.69 Å². The molecule has 1 N–H and O–H groups in total. The van der Waals surface area contributed by atoms with E-state index in [4.69, 9.17) is 4.74 Å². The third kappa shape index (κ3) is 3.08. The minimum absolute atomic E-state index is 0.195. The number of halogens is 1. The predicted octanol–water partition coefficient (Wildman–Crippen LogP) is 1.91. The molecule has 19 heavy (non-hydrogen) atoms. The topological polar surface area (TPSA) is 52.0 Å². The first-order chi connectivity index (χ1) is 9.26. The Bertz CT molecular complexity index is 541. The van der Waals surface area contributed by atoms with E-state index in [2.05, 4.69) is 22.6 Å². The van der Waals surface area contributed by atoms with Gasteiger partial charge in [0.2, 0.25) is 0 Å². The molecule has 0 radical (unpaired) electrons. The quantitative estimate of drug-likeness (QED) is 0.810. The number of benzene rings is 1. The van der Waals surface area contributed by atoms with Crippen LogP contribution in [0.4, 0.5) is 4.39 Å². The van der Waals surface area contributed by atoms with Gasteiger partial charge >= 0.3 is 0 Å². The zero-order valence-corrected chi connectivity index (χ0v) is 11.1. The van der Waals surface area contributed by atoms with Crippen LogP contribution in [-0.4, -0.2) is 28.6 Å². The molecule has 0 spiro atoms. The van der Waals surface area contributed by atoms with Gasteiger partial charge in [0, 0.05) is 12.6 Å². The smallest absolute Gasteiger partial charge is 0.165 e. The number of aromatic nitrogens is 3. The molecular formula is C13H17FN4O. The van der Waals surface area contributed by atoms with Crippen LogP contribution in [0.5, 0.6) is 5.75 Å². The van der Waals surface area contributed by atoms with E-state index in [1.54, 1.807) is 23.0 Å². The first-order valence-corrected chi connectivity index (χ1v) is 6.20. The van der Waals surface area contributed by atoms with Gasteiger partial charge in [0.15, 0.2) is 11.6 Å². The highest BCUT2D eigenvalue weighted by Gasteiger charge is 2.09. The number of nitrogens with one attached hydrogen (secondary N) is 1. The Labute approximate surface area is 111 Å². The second-order valence-corrected chi connectivity index (χ2v) is 4.13. The Hall–Kier alpha value is -1.95. The Morgan fingerprint density at radius 1 is 1.42 bits per heavy atom. The molecule has 0 saturated heterocycles. The maximum atomic E-state index is 13.4. The number of rotatable bonds is 6. The van der Waals surface area contributed by atoms with Crippen LogP contribution in [-0.2, 0) is 6.54 Å². The summed E-state index contributed by atoms with van der Waals surface area (Å²) in [7, 11) is 1.44. The fourth-order valence-corrected chi connectivity index (χ4v) is 1.77. The van der Waals surface area contributed by atoms with Gasteiger partial charge in [0.25, 0.3) is 0 Å². The monoisotopic (exact) mass is 264 g/mol. The Balaban J connectivity index is 2.24. The highest BCUT2D eigenvalue weighted by atomic mass is 19.1. The summed E-state index contributed by atoms with van der Waals surface area (Å²) < 4.78 is 20.0. The number of nitrogens with zero attached hydrogens (tertiary/aromatic N) is 3. The van der Waals surface area contributed by atoms with E-state index in [0.29, 0.717) is 6.54 Å². The van der Waals surface area contributed by atoms with Crippen LogP contribution >= 0.6 is 0 Å². The third-order valence-electron chi connectivity index (χ3n) is 2.73. The van der Waals surface area contributed by atoms with Crippen molar-refractivity contribution in [3.05, 3.63) is 35.9 Å². The van der Waals surface area contributed by atoms with Gasteiger partial charge in [0.1, 0.15) is 0 Å². The average molecular weight is 264 g/mol. The van der Waals surface area contributed by atoms with Crippen molar-refractivity contribution in [3.63, 3.8) is 0 Å². The highest BCUT2D eigenvalue weighted by Crippen LogP contribution is 2.21. The molecule has 1 aromatic carbocycles. The van der Waals surface area contributed by atoms with Crippen LogP contribution < -0.4 is 10.1 Å². The molecule has 6 heteroatoms. The standard InChI is InChI=1S/C13H17FN4O/c1-3-6-15-8-11-9-16-17-18(11)10-4-5-12(14)13(7-10)19-2/h4-5,7,9,15H,3,6,8H2,1-2H3. The van der Waals surface area contributed by atoms with Crippen molar-refractivity contribution in [2.75, 3.05) is 13.7 Å². The van der Waals surface area contributed by atoms with Crippen LogP contribution in [0.3, 0.4) is 0 Å². The van der Waals surface area contributed by atoms with Gasteiger partial charge < -0.3 is 10.1 Å². The minimum Gasteiger partial charge on any atom is -0.494 e. The fraction of sp³-hybridized carbons (Fsp3) is 0.385. The third-order valence-corrected chi connectivity index (χ3v) is 2.73. The van der Waals surface area contributed by atoms with Crippen molar-refractivity contribution in [1.29, 1.82) is 0 Å². The molecular weight excluding hydrogens is 247 g/mol. The molecule has 2 aromatic rings. The highest BCUT2D eigenvalue weighted by molar-refractivity contribution is 5.40. The molecule has 0 unspecified atom stereocenters. The molecule has 0 amide bonds. The van der Waals surface area contributed by atoms with Gasteiger partial charge in [0.05, 0.1) is 24.7 Å². The summed E-state index contributed by atoms with van der Waals surface area (Å²) >= 11 is 0. The number of ether oxygens (including phenoxy) is 1. The summed E-state index contributed by atoms with van der Waals surface area (Å²) in [5.41, 5.74) is 1.64. The maximum absolute atomic E-state index is 13.4. The Morgan fingerprint density at radius 3 is 3.00 bits per heavy atom. The summed E-state index contributed by atoms with van der Waals surface area (Å²) in [4.78, 5) is 0. The SMILES string of the molecule is CCCNCc1cnnn1-c1ccc(F)c(OC)c1. The maximum Gasteiger partial charge on any atom is 0.165 e. The normalized spacial score (nSPS) is 10.7. The van der Waals surface area contributed by atoms with E-state index in [1.165, 1.54) is 13.2 Å². The second kappa shape index (κ2) is 6.29. The van der Waals surface area contributed by atoms with Crippen molar-refractivity contribution in [3.8, 4) is 11.4 Å². The van der Waals surface area contributed by atoms with Crippen LogP contribution in [0.1, 0.15) is 19.0 Å². The zero-order chi connectivity index (χ0) is 13.7. The summed E-state index contributed by atoms with van der Waals surface area (Å²) in [5, 5.41) is 11.2. The van der Waals surface area contributed by atoms with Gasteiger partial charge in [-0.3, -0.25) is 0 Å². The lowest BCUT2D eigenvalue weighted by Gasteiger charge is -2.09. The minimum atomic E-state index is -0.392. The largest absolute Gasteiger partial charge is 0.494 e. The van der Waals surface area contributed by atoms with E-state index in [0.717, 1.165) is 24.3 Å². The lowest BCUT2D eigenvalue weighted by Crippen LogP contribution is -2.16. The molecule has 1 heterocycles. The van der Waals surface area contributed by atoms with Crippen molar-refractivity contribution < 1.29 is 9.13 Å². The number of hydrogen-bond acceptors (Lipinski definition) is 4. The zero-order valence-electron chi connectivity index (χ0n) is 11.1. The van der Waals surface area contributed by atoms with E-state index in [-0.39, 0.29) is 5.75 Å². The van der Waals surface area contributed by atoms with Crippen molar-refractivity contribution in [2.45, 2.75) is 19.9 Å². The molecule has 0 aliphatic heterocycles. The molecule has 0 fully saturated rings. The summed E-state index contributed by atoms with van der Waals surface area (Å²) in [6, 6.07) is 4.61. The fourth-order valence-electron chi connectivity index (χ4n) is 1.77. The molecule has 0 bridgehead atoms. The second-order valence-electron chi connectivity index (χ2n) is 4.13. The summed E-state index contributed by atoms with van der Waals surface area (Å²) in [5.74, 6) is -0.197. The Morgan fingerprint density at radius 2 is 2.26 bits per heavy atom. The molecule has 0 aliphatic carbocycles. The van der Waals surface area contributed by atoms with Crippen molar-refractivity contribution >= 4 is 0 Å². The number of methoxy groups -OCH3 is 1. The molecule has 5 nitrogen and oxygen atoms in total. The van der Waals surface area contributed by atoms with Crippen molar-refractivity contribution in [1.82, 2.24) is 20.3 Å². The number of hydrogen-bond donors (Lipinski definition) is 1. The van der Waals surface area contributed by atoms with E-state index in [9.17, 15) is 4.39 Å². The molecule has 102 valence electrons. The lowest BCUT2D eigenvalue weighted by atomic mass is 10.3. The van der Waals surface area contributed by atoms with Crippen molar-refractivity contribution in [2.24, 2.45) is 0 Å². The predicted molar refractivity (Wildman–Crippen MR) is 69.9 cm³/mol. The molecule has 0 atom stereocenters. The van der Waals surface area contributed by atoms with Crippen LogP contribution in [0.15, 0.2) is 24.4 Å². The first kappa shape index (κ1) is 13.5. The van der Waals surface area contributed by atoms with E-state index < -0.39 is 5.82 Å². The summed E-state index contributed by atoms with van der Waals surface area (Å²) in [6.45, 7) is 3.70. The molecule has 1 aromatic heterocycles.